The Labute approximate surface area is 69.9 Å². The van der Waals surface area contributed by atoms with E-state index in [4.69, 9.17) is 9.47 Å². The van der Waals surface area contributed by atoms with Crippen LogP contribution in [0.4, 0.5) is 0 Å². The quantitative estimate of drug-likeness (QED) is 0.529. The zero-order valence-electron chi connectivity index (χ0n) is 7.64. The van der Waals surface area contributed by atoms with E-state index in [0.717, 1.165) is 25.9 Å². The number of unbranched alkanes of at least 4 members (excludes halogenated alkanes) is 1. The van der Waals surface area contributed by atoms with Gasteiger partial charge in [0.05, 0.1) is 12.7 Å². The number of hydrogen-bond donors (Lipinski definition) is 0. The fraction of sp³-hybridized carbons (Fsp3) is 0.889. The molecular weight excluding hydrogens is 140 g/mol. The third-order valence-electron chi connectivity index (χ3n) is 1.63. The van der Waals surface area contributed by atoms with Crippen molar-refractivity contribution in [1.29, 1.82) is 0 Å². The number of ether oxygens (including phenoxy) is 2. The van der Waals surface area contributed by atoms with Crippen LogP contribution in [0, 0.1) is 6.92 Å². The zero-order valence-corrected chi connectivity index (χ0v) is 7.64. The summed E-state index contributed by atoms with van der Waals surface area (Å²) in [5.41, 5.74) is 0. The number of methoxy groups -OCH3 is 1. The smallest absolute Gasteiger partial charge is 0.0802 e. The Morgan fingerprint density at radius 1 is 1.45 bits per heavy atom. The van der Waals surface area contributed by atoms with Crippen molar-refractivity contribution in [1.82, 2.24) is 0 Å². The molecule has 1 radical (unpaired) electrons. The minimum Gasteiger partial charge on any atom is -0.379 e. The van der Waals surface area contributed by atoms with Gasteiger partial charge < -0.3 is 9.47 Å². The summed E-state index contributed by atoms with van der Waals surface area (Å²) >= 11 is 0. The molecule has 0 spiro atoms. The van der Waals surface area contributed by atoms with Gasteiger partial charge in [-0.3, -0.25) is 0 Å². The topological polar surface area (TPSA) is 18.5 Å². The standard InChI is InChI=1S/C9H19O2/c1-4-6-7-11-8-9(5-2)10-3/h9H,1,4-8H2,2-3H3. The average molecular weight is 159 g/mol. The van der Waals surface area contributed by atoms with Gasteiger partial charge in [-0.2, -0.15) is 0 Å². The van der Waals surface area contributed by atoms with Crippen molar-refractivity contribution in [2.45, 2.75) is 32.3 Å². The van der Waals surface area contributed by atoms with Gasteiger partial charge in [-0.05, 0) is 12.8 Å². The Bertz CT molecular complexity index is 70.0. The van der Waals surface area contributed by atoms with E-state index in [1.54, 1.807) is 7.11 Å². The molecule has 0 aliphatic heterocycles. The maximum Gasteiger partial charge on any atom is 0.0802 e. The molecule has 0 bridgehead atoms. The molecule has 0 heterocycles. The van der Waals surface area contributed by atoms with Crippen LogP contribution in [0.15, 0.2) is 0 Å². The second kappa shape index (κ2) is 8.02. The molecular formula is C9H19O2. The van der Waals surface area contributed by atoms with Gasteiger partial charge in [-0.15, -0.1) is 0 Å². The van der Waals surface area contributed by atoms with Crippen LogP contribution < -0.4 is 0 Å². The Kier molecular flexibility index (Phi) is 7.96. The molecule has 0 aromatic heterocycles. The minimum atomic E-state index is 0.264. The van der Waals surface area contributed by atoms with E-state index >= 15 is 0 Å². The average Bonchev–Trinajstić information content (AvgIpc) is 2.05. The van der Waals surface area contributed by atoms with Crippen LogP contribution in [0.2, 0.25) is 0 Å². The van der Waals surface area contributed by atoms with Gasteiger partial charge in [-0.25, -0.2) is 0 Å². The summed E-state index contributed by atoms with van der Waals surface area (Å²) in [5, 5.41) is 0. The molecule has 0 rings (SSSR count). The normalized spacial score (nSPS) is 13.4. The van der Waals surface area contributed by atoms with Crippen molar-refractivity contribution in [2.75, 3.05) is 20.3 Å². The lowest BCUT2D eigenvalue weighted by Gasteiger charge is -2.12. The molecule has 0 amide bonds. The van der Waals surface area contributed by atoms with Gasteiger partial charge in [0.1, 0.15) is 0 Å². The summed E-state index contributed by atoms with van der Waals surface area (Å²) in [6, 6.07) is 0. The van der Waals surface area contributed by atoms with Gasteiger partial charge >= 0.3 is 0 Å². The molecule has 0 aliphatic rings. The fourth-order valence-electron chi connectivity index (χ4n) is 0.771. The molecule has 1 atom stereocenters. The second-order valence-electron chi connectivity index (χ2n) is 2.55. The summed E-state index contributed by atoms with van der Waals surface area (Å²) in [4.78, 5) is 0. The molecule has 0 saturated heterocycles. The first-order valence-electron chi connectivity index (χ1n) is 4.24. The predicted molar refractivity (Wildman–Crippen MR) is 46.5 cm³/mol. The molecule has 67 valence electrons. The van der Waals surface area contributed by atoms with Crippen LogP contribution in [0.1, 0.15) is 26.2 Å². The minimum absolute atomic E-state index is 0.264. The summed E-state index contributed by atoms with van der Waals surface area (Å²) in [6.45, 7) is 7.35. The lowest BCUT2D eigenvalue weighted by atomic mass is 10.3. The molecule has 0 saturated carbocycles. The summed E-state index contributed by atoms with van der Waals surface area (Å²) < 4.78 is 10.5. The van der Waals surface area contributed by atoms with Crippen LogP contribution in [0.3, 0.4) is 0 Å². The predicted octanol–water partition coefficient (Wildman–Crippen LogP) is 2.04. The molecule has 0 aromatic rings. The molecule has 0 aliphatic carbocycles. The van der Waals surface area contributed by atoms with E-state index in [-0.39, 0.29) is 6.10 Å². The molecule has 0 N–H and O–H groups in total. The first-order chi connectivity index (χ1) is 5.35. The Morgan fingerprint density at radius 3 is 2.64 bits per heavy atom. The van der Waals surface area contributed by atoms with Crippen molar-refractivity contribution in [3.63, 3.8) is 0 Å². The summed E-state index contributed by atoms with van der Waals surface area (Å²) in [7, 11) is 1.72. The number of rotatable bonds is 7. The van der Waals surface area contributed by atoms with Gasteiger partial charge in [0.25, 0.3) is 0 Å². The van der Waals surface area contributed by atoms with Crippen LogP contribution >= 0.6 is 0 Å². The summed E-state index contributed by atoms with van der Waals surface area (Å²) in [5.74, 6) is 0. The van der Waals surface area contributed by atoms with E-state index in [1.165, 1.54) is 0 Å². The van der Waals surface area contributed by atoms with Gasteiger partial charge in [-0.1, -0.05) is 20.3 Å². The van der Waals surface area contributed by atoms with Crippen molar-refractivity contribution in [3.05, 3.63) is 6.92 Å². The van der Waals surface area contributed by atoms with Crippen molar-refractivity contribution in [3.8, 4) is 0 Å². The molecule has 0 fully saturated rings. The Hall–Kier alpha value is -0.0800. The number of hydrogen-bond acceptors (Lipinski definition) is 2. The lowest BCUT2D eigenvalue weighted by Crippen LogP contribution is -2.17. The maximum absolute atomic E-state index is 5.35. The molecule has 11 heavy (non-hydrogen) atoms. The van der Waals surface area contributed by atoms with Gasteiger partial charge in [0, 0.05) is 13.7 Å². The van der Waals surface area contributed by atoms with Crippen LogP contribution in [-0.4, -0.2) is 26.4 Å². The molecule has 2 nitrogen and oxygen atoms in total. The third kappa shape index (κ3) is 6.32. The zero-order chi connectivity index (χ0) is 8.53. The highest BCUT2D eigenvalue weighted by molar-refractivity contribution is 4.51. The SMILES string of the molecule is [CH2]CCCOCC(CC)OC. The highest BCUT2D eigenvalue weighted by Gasteiger charge is 2.02. The first kappa shape index (κ1) is 10.9. The third-order valence-corrected chi connectivity index (χ3v) is 1.63. The largest absolute Gasteiger partial charge is 0.379 e. The lowest BCUT2D eigenvalue weighted by molar-refractivity contribution is 0.00643. The fourth-order valence-corrected chi connectivity index (χ4v) is 0.771. The van der Waals surface area contributed by atoms with E-state index in [9.17, 15) is 0 Å². The Morgan fingerprint density at radius 2 is 2.18 bits per heavy atom. The van der Waals surface area contributed by atoms with Crippen molar-refractivity contribution < 1.29 is 9.47 Å². The van der Waals surface area contributed by atoms with Crippen molar-refractivity contribution in [2.24, 2.45) is 0 Å². The molecule has 2 heteroatoms. The van der Waals surface area contributed by atoms with Gasteiger partial charge in [0.2, 0.25) is 0 Å². The summed E-state index contributed by atoms with van der Waals surface area (Å²) in [6.07, 6.45) is 3.27. The van der Waals surface area contributed by atoms with E-state index in [0.29, 0.717) is 6.61 Å². The molecule has 1 unspecified atom stereocenters. The highest BCUT2D eigenvalue weighted by Crippen LogP contribution is 1.97. The van der Waals surface area contributed by atoms with Crippen LogP contribution in [0.5, 0.6) is 0 Å². The highest BCUT2D eigenvalue weighted by atomic mass is 16.5. The van der Waals surface area contributed by atoms with Crippen LogP contribution in [-0.2, 0) is 9.47 Å². The van der Waals surface area contributed by atoms with E-state index < -0.39 is 0 Å². The van der Waals surface area contributed by atoms with Gasteiger partial charge in [0.15, 0.2) is 0 Å². The van der Waals surface area contributed by atoms with E-state index in [2.05, 4.69) is 13.8 Å². The Balaban J connectivity index is 3.07. The maximum atomic E-state index is 5.35. The van der Waals surface area contributed by atoms with Crippen molar-refractivity contribution >= 4 is 0 Å². The molecule has 0 aromatic carbocycles. The van der Waals surface area contributed by atoms with E-state index in [1.807, 2.05) is 0 Å². The first-order valence-corrected chi connectivity index (χ1v) is 4.24. The second-order valence-corrected chi connectivity index (χ2v) is 2.55. The monoisotopic (exact) mass is 159 g/mol. The van der Waals surface area contributed by atoms with Crippen LogP contribution in [0.25, 0.3) is 0 Å².